The Hall–Kier alpha value is -2.07. The summed E-state index contributed by atoms with van der Waals surface area (Å²) in [6.07, 6.45) is 2.46. The quantitative estimate of drug-likeness (QED) is 0.937. The molecule has 1 N–H and O–H groups in total. The van der Waals surface area contributed by atoms with Gasteiger partial charge in [-0.1, -0.05) is 29.8 Å². The molecular formula is C15H16ClN3O. The average molecular weight is 290 g/mol. The van der Waals surface area contributed by atoms with E-state index in [1.165, 1.54) is 0 Å². The number of urea groups is 1. The normalized spacial score (nSPS) is 10.1. The molecule has 0 aliphatic heterocycles. The molecule has 5 heteroatoms. The Morgan fingerprint density at radius 1 is 1.25 bits per heavy atom. The lowest BCUT2D eigenvalue weighted by molar-refractivity contribution is 0.223. The van der Waals surface area contributed by atoms with Crippen molar-refractivity contribution in [1.82, 2.24) is 9.88 Å². The van der Waals surface area contributed by atoms with Crippen LogP contribution in [0.1, 0.15) is 5.69 Å². The fourth-order valence-electron chi connectivity index (χ4n) is 1.70. The second kappa shape index (κ2) is 6.91. The third-order valence-corrected chi connectivity index (χ3v) is 3.22. The minimum atomic E-state index is -0.186. The molecule has 104 valence electrons. The summed E-state index contributed by atoms with van der Waals surface area (Å²) in [4.78, 5) is 17.9. The minimum absolute atomic E-state index is 0.186. The number of para-hydroxylation sites is 1. The van der Waals surface area contributed by atoms with Gasteiger partial charge in [0, 0.05) is 31.9 Å². The predicted molar refractivity (Wildman–Crippen MR) is 81.0 cm³/mol. The van der Waals surface area contributed by atoms with Gasteiger partial charge in [0.2, 0.25) is 0 Å². The molecule has 0 unspecified atom stereocenters. The molecule has 0 fully saturated rings. The molecule has 2 amide bonds. The number of benzene rings is 1. The molecule has 0 bridgehead atoms. The van der Waals surface area contributed by atoms with E-state index >= 15 is 0 Å². The number of anilines is 1. The number of halogens is 1. The maximum absolute atomic E-state index is 12.0. The van der Waals surface area contributed by atoms with Gasteiger partial charge in [0.15, 0.2) is 0 Å². The standard InChI is InChI=1S/C15H16ClN3O/c1-19(11-9-12-6-4-5-10-17-12)15(20)18-14-8-3-2-7-13(14)16/h2-8,10H,9,11H2,1H3,(H,18,20). The molecule has 1 heterocycles. The molecule has 2 rings (SSSR count). The monoisotopic (exact) mass is 289 g/mol. The number of amides is 2. The highest BCUT2D eigenvalue weighted by atomic mass is 35.5. The first-order valence-electron chi connectivity index (χ1n) is 6.33. The van der Waals surface area contributed by atoms with Crippen molar-refractivity contribution in [3.63, 3.8) is 0 Å². The fourth-order valence-corrected chi connectivity index (χ4v) is 1.89. The highest BCUT2D eigenvalue weighted by Crippen LogP contribution is 2.20. The molecule has 20 heavy (non-hydrogen) atoms. The lowest BCUT2D eigenvalue weighted by Gasteiger charge is -2.18. The maximum atomic E-state index is 12.0. The van der Waals surface area contributed by atoms with Gasteiger partial charge in [-0.2, -0.15) is 0 Å². The van der Waals surface area contributed by atoms with E-state index in [1.807, 2.05) is 30.3 Å². The lowest BCUT2D eigenvalue weighted by atomic mass is 10.2. The number of carbonyl (C=O) groups excluding carboxylic acids is 1. The first-order valence-corrected chi connectivity index (χ1v) is 6.71. The Balaban J connectivity index is 1.88. The van der Waals surface area contributed by atoms with Crippen LogP contribution in [-0.2, 0) is 6.42 Å². The van der Waals surface area contributed by atoms with E-state index in [0.29, 0.717) is 23.7 Å². The van der Waals surface area contributed by atoms with Crippen LogP contribution in [0.15, 0.2) is 48.7 Å². The van der Waals surface area contributed by atoms with Crippen LogP contribution in [0.3, 0.4) is 0 Å². The van der Waals surface area contributed by atoms with Crippen molar-refractivity contribution < 1.29 is 4.79 Å². The van der Waals surface area contributed by atoms with Gasteiger partial charge in [0.25, 0.3) is 0 Å². The molecule has 0 aliphatic carbocycles. The molecule has 0 spiro atoms. The van der Waals surface area contributed by atoms with Crippen LogP contribution in [0.5, 0.6) is 0 Å². The van der Waals surface area contributed by atoms with Gasteiger partial charge in [-0.15, -0.1) is 0 Å². The van der Waals surface area contributed by atoms with Crippen LogP contribution in [0.25, 0.3) is 0 Å². The third kappa shape index (κ3) is 3.96. The first-order chi connectivity index (χ1) is 9.66. The molecule has 0 atom stereocenters. The SMILES string of the molecule is CN(CCc1ccccn1)C(=O)Nc1ccccc1Cl. The number of carbonyl (C=O) groups is 1. The Morgan fingerprint density at radius 2 is 2.00 bits per heavy atom. The van der Waals surface area contributed by atoms with E-state index in [4.69, 9.17) is 11.6 Å². The highest BCUT2D eigenvalue weighted by molar-refractivity contribution is 6.33. The summed E-state index contributed by atoms with van der Waals surface area (Å²) in [6, 6.07) is 12.7. The van der Waals surface area contributed by atoms with Gasteiger partial charge >= 0.3 is 6.03 Å². The second-order valence-electron chi connectivity index (χ2n) is 4.40. The van der Waals surface area contributed by atoms with E-state index in [0.717, 1.165) is 5.69 Å². The number of hydrogen-bond acceptors (Lipinski definition) is 2. The van der Waals surface area contributed by atoms with Crippen LogP contribution in [0, 0.1) is 0 Å². The Labute approximate surface area is 123 Å². The van der Waals surface area contributed by atoms with E-state index in [1.54, 1.807) is 30.3 Å². The number of rotatable bonds is 4. The first kappa shape index (κ1) is 14.3. The largest absolute Gasteiger partial charge is 0.327 e. The van der Waals surface area contributed by atoms with Crippen LogP contribution in [0.4, 0.5) is 10.5 Å². The van der Waals surface area contributed by atoms with Crippen LogP contribution < -0.4 is 5.32 Å². The van der Waals surface area contributed by atoms with Crippen molar-refractivity contribution in [3.05, 3.63) is 59.4 Å². The second-order valence-corrected chi connectivity index (χ2v) is 4.81. The van der Waals surface area contributed by atoms with Crippen molar-refractivity contribution in [2.45, 2.75) is 6.42 Å². The van der Waals surface area contributed by atoms with Crippen molar-refractivity contribution in [3.8, 4) is 0 Å². The Morgan fingerprint density at radius 3 is 2.70 bits per heavy atom. The Kier molecular flexibility index (Phi) is 4.96. The van der Waals surface area contributed by atoms with Gasteiger partial charge in [-0.25, -0.2) is 4.79 Å². The van der Waals surface area contributed by atoms with Crippen molar-refractivity contribution in [1.29, 1.82) is 0 Å². The van der Waals surface area contributed by atoms with Gasteiger partial charge < -0.3 is 10.2 Å². The van der Waals surface area contributed by atoms with Gasteiger partial charge in [0.1, 0.15) is 0 Å². The maximum Gasteiger partial charge on any atom is 0.321 e. The Bertz CT molecular complexity index is 574. The number of nitrogens with zero attached hydrogens (tertiary/aromatic N) is 2. The molecule has 1 aromatic carbocycles. The van der Waals surface area contributed by atoms with Crippen LogP contribution in [-0.4, -0.2) is 29.5 Å². The molecule has 0 saturated heterocycles. The van der Waals surface area contributed by atoms with E-state index in [2.05, 4.69) is 10.3 Å². The molecular weight excluding hydrogens is 274 g/mol. The topological polar surface area (TPSA) is 45.2 Å². The van der Waals surface area contributed by atoms with Crippen LogP contribution >= 0.6 is 11.6 Å². The van der Waals surface area contributed by atoms with Gasteiger partial charge in [0.05, 0.1) is 10.7 Å². The van der Waals surface area contributed by atoms with E-state index in [9.17, 15) is 4.79 Å². The molecule has 4 nitrogen and oxygen atoms in total. The van der Waals surface area contributed by atoms with Crippen LogP contribution in [0.2, 0.25) is 5.02 Å². The highest BCUT2D eigenvalue weighted by Gasteiger charge is 2.10. The van der Waals surface area contributed by atoms with Gasteiger partial charge in [-0.05, 0) is 24.3 Å². The van der Waals surface area contributed by atoms with Crippen molar-refractivity contribution in [2.75, 3.05) is 18.9 Å². The summed E-state index contributed by atoms with van der Waals surface area (Å²) in [5.41, 5.74) is 1.58. The summed E-state index contributed by atoms with van der Waals surface area (Å²) in [5.74, 6) is 0. The minimum Gasteiger partial charge on any atom is -0.327 e. The number of likely N-dealkylation sites (N-methyl/N-ethyl adjacent to an activating group) is 1. The summed E-state index contributed by atoms with van der Waals surface area (Å²) in [5, 5.41) is 3.31. The molecule has 0 saturated carbocycles. The number of nitrogens with one attached hydrogen (secondary N) is 1. The average Bonchev–Trinajstić information content (AvgIpc) is 2.48. The lowest BCUT2D eigenvalue weighted by Crippen LogP contribution is -2.33. The summed E-state index contributed by atoms with van der Waals surface area (Å²) < 4.78 is 0. The molecule has 1 aromatic heterocycles. The van der Waals surface area contributed by atoms with Crippen molar-refractivity contribution in [2.24, 2.45) is 0 Å². The number of aromatic nitrogens is 1. The summed E-state index contributed by atoms with van der Waals surface area (Å²) in [6.45, 7) is 0.591. The zero-order chi connectivity index (χ0) is 14.4. The van der Waals surface area contributed by atoms with E-state index < -0.39 is 0 Å². The smallest absolute Gasteiger partial charge is 0.321 e. The predicted octanol–water partition coefficient (Wildman–Crippen LogP) is 3.44. The van der Waals surface area contributed by atoms with Gasteiger partial charge in [-0.3, -0.25) is 4.98 Å². The molecule has 2 aromatic rings. The molecule has 0 radical (unpaired) electrons. The number of hydrogen-bond donors (Lipinski definition) is 1. The van der Waals surface area contributed by atoms with Crippen molar-refractivity contribution >= 4 is 23.3 Å². The third-order valence-electron chi connectivity index (χ3n) is 2.89. The number of pyridine rings is 1. The zero-order valence-corrected chi connectivity index (χ0v) is 12.0. The fraction of sp³-hybridized carbons (Fsp3) is 0.200. The summed E-state index contributed by atoms with van der Waals surface area (Å²) in [7, 11) is 1.75. The zero-order valence-electron chi connectivity index (χ0n) is 11.2. The van der Waals surface area contributed by atoms with E-state index in [-0.39, 0.29) is 6.03 Å². The summed E-state index contributed by atoms with van der Waals surface area (Å²) >= 11 is 6.00. The molecule has 0 aliphatic rings.